The maximum absolute atomic E-state index is 13.3. The van der Waals surface area contributed by atoms with E-state index in [1.54, 1.807) is 19.2 Å². The van der Waals surface area contributed by atoms with E-state index in [0.717, 1.165) is 26.5 Å². The number of pyridine rings is 1. The molecule has 32 heavy (non-hydrogen) atoms. The molecule has 0 bridgehead atoms. The fourth-order valence-corrected chi connectivity index (χ4v) is 3.90. The van der Waals surface area contributed by atoms with E-state index in [2.05, 4.69) is 36.9 Å². The van der Waals surface area contributed by atoms with E-state index in [1.807, 2.05) is 61.5 Å². The first-order valence-electron chi connectivity index (χ1n) is 10.0. The number of anilines is 3. The highest BCUT2D eigenvalue weighted by Crippen LogP contribution is 2.29. The van der Waals surface area contributed by atoms with Crippen molar-refractivity contribution in [3.05, 3.63) is 94.1 Å². The van der Waals surface area contributed by atoms with Crippen molar-refractivity contribution >= 4 is 55.7 Å². The molecule has 6 nitrogen and oxygen atoms in total. The van der Waals surface area contributed by atoms with Crippen molar-refractivity contribution in [2.75, 3.05) is 17.7 Å². The van der Waals surface area contributed by atoms with E-state index in [-0.39, 0.29) is 11.8 Å². The molecule has 3 N–H and O–H groups in total. The van der Waals surface area contributed by atoms with Gasteiger partial charge in [-0.1, -0.05) is 58.4 Å². The number of aromatic nitrogens is 1. The van der Waals surface area contributed by atoms with Crippen molar-refractivity contribution in [2.24, 2.45) is 0 Å². The molecule has 0 aliphatic rings. The predicted octanol–water partition coefficient (Wildman–Crippen LogP) is 5.66. The lowest BCUT2D eigenvalue weighted by Crippen LogP contribution is -2.20. The van der Waals surface area contributed by atoms with Gasteiger partial charge in [-0.15, -0.1) is 0 Å². The topological polar surface area (TPSA) is 83.1 Å². The molecule has 1 aromatic heterocycles. The van der Waals surface area contributed by atoms with Crippen LogP contribution in [0.2, 0.25) is 0 Å². The van der Waals surface area contributed by atoms with Gasteiger partial charge in [-0.25, -0.2) is 4.98 Å². The van der Waals surface area contributed by atoms with Crippen LogP contribution >= 0.6 is 15.9 Å². The molecule has 0 saturated carbocycles. The summed E-state index contributed by atoms with van der Waals surface area (Å²) < 4.78 is 0.803. The molecule has 4 aromatic rings. The van der Waals surface area contributed by atoms with Gasteiger partial charge in [0.1, 0.15) is 0 Å². The number of fused-ring (bicyclic) bond motifs is 1. The molecule has 3 aromatic carbocycles. The lowest BCUT2D eigenvalue weighted by Gasteiger charge is -2.15. The summed E-state index contributed by atoms with van der Waals surface area (Å²) in [5.41, 5.74) is 3.15. The van der Waals surface area contributed by atoms with Gasteiger partial charge in [0, 0.05) is 29.0 Å². The van der Waals surface area contributed by atoms with Crippen LogP contribution in [0.15, 0.2) is 77.4 Å². The zero-order chi connectivity index (χ0) is 22.7. The molecule has 0 aliphatic heterocycles. The average Bonchev–Trinajstić information content (AvgIpc) is 2.80. The van der Waals surface area contributed by atoms with Crippen LogP contribution in [0.1, 0.15) is 26.3 Å². The quantitative estimate of drug-likeness (QED) is 0.338. The molecule has 7 heteroatoms. The smallest absolute Gasteiger partial charge is 0.256 e. The van der Waals surface area contributed by atoms with Crippen LogP contribution in [-0.4, -0.2) is 23.8 Å². The van der Waals surface area contributed by atoms with E-state index < -0.39 is 0 Å². The normalized spacial score (nSPS) is 10.6. The van der Waals surface area contributed by atoms with Crippen LogP contribution in [0.3, 0.4) is 0 Å². The number of hydrogen-bond donors (Lipinski definition) is 3. The summed E-state index contributed by atoms with van der Waals surface area (Å²) >= 11 is 3.49. The van der Waals surface area contributed by atoms with E-state index in [9.17, 15) is 9.59 Å². The number of nitrogens with zero attached hydrogens (tertiary/aromatic N) is 1. The first kappa shape index (κ1) is 21.5. The maximum Gasteiger partial charge on any atom is 0.256 e. The zero-order valence-electron chi connectivity index (χ0n) is 17.6. The molecule has 0 atom stereocenters. The number of carbonyl (C=O) groups is 2. The van der Waals surface area contributed by atoms with Crippen LogP contribution in [0, 0.1) is 6.92 Å². The first-order valence-corrected chi connectivity index (χ1v) is 10.8. The number of hydrogen-bond acceptors (Lipinski definition) is 4. The number of amides is 2. The van der Waals surface area contributed by atoms with Crippen LogP contribution in [0.4, 0.5) is 17.2 Å². The summed E-state index contributed by atoms with van der Waals surface area (Å²) in [5, 5.41) is 10.6. The molecular formula is C25H21BrN4O2. The number of aryl methyl sites for hydroxylation is 1. The number of benzene rings is 3. The Kier molecular flexibility index (Phi) is 6.18. The van der Waals surface area contributed by atoms with E-state index >= 15 is 0 Å². The molecule has 160 valence electrons. The van der Waals surface area contributed by atoms with Gasteiger partial charge in [-0.2, -0.15) is 0 Å². The van der Waals surface area contributed by atoms with Gasteiger partial charge in [0.25, 0.3) is 11.8 Å². The van der Waals surface area contributed by atoms with Crippen molar-refractivity contribution in [2.45, 2.75) is 6.92 Å². The van der Waals surface area contributed by atoms with Gasteiger partial charge in [0.15, 0.2) is 5.82 Å². The minimum Gasteiger partial charge on any atom is -0.355 e. The van der Waals surface area contributed by atoms with Gasteiger partial charge < -0.3 is 16.0 Å². The van der Waals surface area contributed by atoms with Crippen molar-refractivity contribution < 1.29 is 9.59 Å². The van der Waals surface area contributed by atoms with E-state index in [0.29, 0.717) is 22.6 Å². The van der Waals surface area contributed by atoms with Gasteiger partial charge in [0.2, 0.25) is 0 Å². The van der Waals surface area contributed by atoms with Crippen LogP contribution in [0.5, 0.6) is 0 Å². The Morgan fingerprint density at radius 1 is 0.906 bits per heavy atom. The molecule has 4 rings (SSSR count). The summed E-state index contributed by atoms with van der Waals surface area (Å²) in [4.78, 5) is 29.9. The highest BCUT2D eigenvalue weighted by Gasteiger charge is 2.17. The predicted molar refractivity (Wildman–Crippen MR) is 132 cm³/mol. The van der Waals surface area contributed by atoms with Gasteiger partial charge >= 0.3 is 0 Å². The molecule has 0 spiro atoms. The summed E-state index contributed by atoms with van der Waals surface area (Å²) in [6.45, 7) is 1.98. The number of nitrogens with one attached hydrogen (secondary N) is 3. The van der Waals surface area contributed by atoms with Gasteiger partial charge in [-0.05, 0) is 47.5 Å². The molecule has 0 fully saturated rings. The summed E-state index contributed by atoms with van der Waals surface area (Å²) in [5.74, 6) is -0.144. The lowest BCUT2D eigenvalue weighted by molar-refractivity contribution is 0.0961. The van der Waals surface area contributed by atoms with Crippen molar-refractivity contribution in [3.63, 3.8) is 0 Å². The maximum atomic E-state index is 13.3. The Hall–Kier alpha value is -3.71. The average molecular weight is 489 g/mol. The second kappa shape index (κ2) is 9.20. The van der Waals surface area contributed by atoms with E-state index in [4.69, 9.17) is 0 Å². The third-order valence-electron chi connectivity index (χ3n) is 5.09. The summed E-state index contributed by atoms with van der Waals surface area (Å²) in [6.07, 6.45) is 1.48. The van der Waals surface area contributed by atoms with Crippen molar-refractivity contribution in [3.8, 4) is 0 Å². The number of carbonyl (C=O) groups excluding carboxylic acids is 2. The number of para-hydroxylation sites is 1. The zero-order valence-corrected chi connectivity index (χ0v) is 19.2. The molecule has 1 heterocycles. The lowest BCUT2D eigenvalue weighted by atomic mass is 10.0. The number of halogens is 1. The Bertz CT molecular complexity index is 1340. The summed E-state index contributed by atoms with van der Waals surface area (Å²) in [6, 6.07) is 20.8. The van der Waals surface area contributed by atoms with Crippen molar-refractivity contribution in [1.82, 2.24) is 10.3 Å². The Balaban J connectivity index is 1.75. The van der Waals surface area contributed by atoms with Gasteiger partial charge in [0.05, 0.1) is 11.3 Å². The standard InChI is InChI=1S/C25H21BrN4O2/c1-15-7-3-6-10-21(15)29-23-22(12-17(14-28-23)24(31)27-2)30-25(32)20-13-18(26)11-16-8-4-5-9-19(16)20/h3-14H,1-2H3,(H,27,31)(H,28,29)(H,30,32). The largest absolute Gasteiger partial charge is 0.355 e. The second-order valence-electron chi connectivity index (χ2n) is 7.27. The molecule has 0 unspecified atom stereocenters. The van der Waals surface area contributed by atoms with Crippen molar-refractivity contribution in [1.29, 1.82) is 0 Å². The Morgan fingerprint density at radius 2 is 1.66 bits per heavy atom. The van der Waals surface area contributed by atoms with E-state index in [1.165, 1.54) is 6.20 Å². The SMILES string of the molecule is CNC(=O)c1cnc(Nc2ccccc2C)c(NC(=O)c2cc(Br)cc3ccccc23)c1. The highest BCUT2D eigenvalue weighted by molar-refractivity contribution is 9.10. The van der Waals surface area contributed by atoms with Crippen LogP contribution in [0.25, 0.3) is 10.8 Å². The Morgan fingerprint density at radius 3 is 2.44 bits per heavy atom. The second-order valence-corrected chi connectivity index (χ2v) is 8.18. The summed E-state index contributed by atoms with van der Waals surface area (Å²) in [7, 11) is 1.55. The monoisotopic (exact) mass is 488 g/mol. The molecule has 0 radical (unpaired) electrons. The van der Waals surface area contributed by atoms with Gasteiger partial charge in [-0.3, -0.25) is 9.59 Å². The number of rotatable bonds is 5. The molecule has 0 aliphatic carbocycles. The Labute approximate surface area is 194 Å². The molecular weight excluding hydrogens is 468 g/mol. The first-order chi connectivity index (χ1) is 15.5. The third kappa shape index (κ3) is 4.48. The van der Waals surface area contributed by atoms with Crippen LogP contribution < -0.4 is 16.0 Å². The third-order valence-corrected chi connectivity index (χ3v) is 5.55. The van der Waals surface area contributed by atoms with Crippen LogP contribution in [-0.2, 0) is 0 Å². The fourth-order valence-electron chi connectivity index (χ4n) is 3.42. The fraction of sp³-hybridized carbons (Fsp3) is 0.0800. The molecule has 2 amide bonds. The highest BCUT2D eigenvalue weighted by atomic mass is 79.9. The molecule has 0 saturated heterocycles. The minimum absolute atomic E-state index is 0.289. The minimum atomic E-state index is -0.300.